The fraction of sp³-hybridized carbons (Fsp3) is 0.270. The molecule has 4 aromatic carbocycles. The van der Waals surface area contributed by atoms with Crippen molar-refractivity contribution in [2.24, 2.45) is 12.5 Å². The summed E-state index contributed by atoms with van der Waals surface area (Å²) >= 11 is 0. The number of aryl methyl sites for hydroxylation is 2. The van der Waals surface area contributed by atoms with Gasteiger partial charge in [0, 0.05) is 27.6 Å². The number of benzene rings is 4. The Morgan fingerprint density at radius 3 is 2.18 bits per heavy atom. The molecule has 3 heterocycles. The van der Waals surface area contributed by atoms with Crippen LogP contribution in [-0.2, 0) is 13.5 Å². The molecule has 3 aromatic heterocycles. The molecular formula is C37H37N2+. The molecule has 0 bridgehead atoms. The molecule has 0 amide bonds. The summed E-state index contributed by atoms with van der Waals surface area (Å²) in [5.74, 6) is 0.438. The molecule has 0 radical (unpaired) electrons. The van der Waals surface area contributed by atoms with Gasteiger partial charge in [-0.05, 0) is 64.3 Å². The van der Waals surface area contributed by atoms with Crippen LogP contribution in [0.4, 0.5) is 0 Å². The number of aromatic nitrogens is 2. The molecule has 2 heteroatoms. The third-order valence-corrected chi connectivity index (χ3v) is 8.65. The minimum atomic E-state index is 0.218. The normalized spacial score (nSPS) is 12.8. The van der Waals surface area contributed by atoms with Gasteiger partial charge in [-0.1, -0.05) is 89.2 Å². The standard InChI is InChI=1S/C37H37N2/c1-22(2)30-20-31(23(3)25-13-8-9-14-26(25)30)35-36-28(18-19-38(35)7)27-15-11-16-29-33-24(21-37(4,5)6)12-10-17-32(33)39(36)34(27)29/h8-20,22H,21H2,1-7H3/q+1. The van der Waals surface area contributed by atoms with Gasteiger partial charge in [-0.25, -0.2) is 0 Å². The number of fused-ring (bicyclic) bond motifs is 7. The molecule has 0 spiro atoms. The molecule has 0 aliphatic carbocycles. The van der Waals surface area contributed by atoms with Gasteiger partial charge in [-0.15, -0.1) is 0 Å². The van der Waals surface area contributed by atoms with Crippen LogP contribution in [0.1, 0.15) is 57.2 Å². The van der Waals surface area contributed by atoms with Gasteiger partial charge in [-0.2, -0.15) is 4.57 Å². The molecule has 0 N–H and O–H groups in total. The van der Waals surface area contributed by atoms with Gasteiger partial charge in [-0.3, -0.25) is 0 Å². The van der Waals surface area contributed by atoms with Crippen molar-refractivity contribution in [3.05, 3.63) is 95.7 Å². The molecule has 0 fully saturated rings. The van der Waals surface area contributed by atoms with Crippen LogP contribution in [0.2, 0.25) is 0 Å². The number of pyridine rings is 1. The van der Waals surface area contributed by atoms with E-state index >= 15 is 0 Å². The summed E-state index contributed by atoms with van der Waals surface area (Å²) in [7, 11) is 2.20. The van der Waals surface area contributed by atoms with E-state index in [0.29, 0.717) is 5.92 Å². The lowest BCUT2D eigenvalue weighted by Gasteiger charge is -2.19. The van der Waals surface area contributed by atoms with Crippen molar-refractivity contribution in [2.45, 2.75) is 53.9 Å². The van der Waals surface area contributed by atoms with E-state index in [2.05, 4.69) is 137 Å². The largest absolute Gasteiger partial charge is 0.302 e. The zero-order chi connectivity index (χ0) is 27.2. The SMILES string of the molecule is Cc1c(-c2c3c(cc[n+]2C)c2cccc4c5c(CC(C)(C)C)cccc5n3c24)cc(C(C)C)c2ccccc12. The number of nitrogens with zero attached hydrogens (tertiary/aromatic N) is 2. The van der Waals surface area contributed by atoms with Gasteiger partial charge in [0.25, 0.3) is 0 Å². The first-order chi connectivity index (χ1) is 18.7. The van der Waals surface area contributed by atoms with Crippen LogP contribution < -0.4 is 4.57 Å². The monoisotopic (exact) mass is 509 g/mol. The molecule has 0 saturated carbocycles. The van der Waals surface area contributed by atoms with Crippen LogP contribution in [0.3, 0.4) is 0 Å². The number of rotatable bonds is 3. The maximum absolute atomic E-state index is 2.57. The Kier molecular flexibility index (Phi) is 5.14. The van der Waals surface area contributed by atoms with E-state index in [4.69, 9.17) is 0 Å². The maximum atomic E-state index is 2.57. The Hall–Kier alpha value is -3.91. The maximum Gasteiger partial charge on any atom is 0.237 e. The van der Waals surface area contributed by atoms with Crippen LogP contribution in [0.25, 0.3) is 60.1 Å². The van der Waals surface area contributed by atoms with Crippen LogP contribution in [0, 0.1) is 12.3 Å². The van der Waals surface area contributed by atoms with Gasteiger partial charge in [0.05, 0.1) is 16.6 Å². The predicted molar refractivity (Wildman–Crippen MR) is 167 cm³/mol. The number of para-hydroxylation sites is 1. The second kappa shape index (κ2) is 8.29. The van der Waals surface area contributed by atoms with E-state index in [9.17, 15) is 0 Å². The first kappa shape index (κ1) is 24.2. The second-order valence-electron chi connectivity index (χ2n) is 13.0. The van der Waals surface area contributed by atoms with Gasteiger partial charge >= 0.3 is 0 Å². The summed E-state index contributed by atoms with van der Waals surface area (Å²) in [4.78, 5) is 0. The highest BCUT2D eigenvalue weighted by Gasteiger charge is 2.28. The summed E-state index contributed by atoms with van der Waals surface area (Å²) in [5.41, 5.74) is 11.0. The summed E-state index contributed by atoms with van der Waals surface area (Å²) in [5, 5.41) is 8.15. The number of hydrogen-bond acceptors (Lipinski definition) is 0. The minimum absolute atomic E-state index is 0.218. The van der Waals surface area contributed by atoms with Crippen LogP contribution in [-0.4, -0.2) is 4.40 Å². The summed E-state index contributed by atoms with van der Waals surface area (Å²) in [6.07, 6.45) is 3.30. The van der Waals surface area contributed by atoms with Crippen LogP contribution in [0.15, 0.2) is 79.0 Å². The van der Waals surface area contributed by atoms with Crippen molar-refractivity contribution < 1.29 is 4.57 Å². The first-order valence-corrected chi connectivity index (χ1v) is 14.3. The van der Waals surface area contributed by atoms with E-state index in [1.165, 1.54) is 76.8 Å². The van der Waals surface area contributed by atoms with Crippen molar-refractivity contribution in [3.63, 3.8) is 0 Å². The van der Waals surface area contributed by atoms with Gasteiger partial charge in [0.15, 0.2) is 6.20 Å². The average Bonchev–Trinajstić information content (AvgIpc) is 3.41. The smallest absolute Gasteiger partial charge is 0.237 e. The lowest BCUT2D eigenvalue weighted by atomic mass is 9.86. The fourth-order valence-electron chi connectivity index (χ4n) is 7.03. The Morgan fingerprint density at radius 2 is 1.44 bits per heavy atom. The fourth-order valence-corrected chi connectivity index (χ4v) is 7.03. The molecule has 7 aromatic rings. The van der Waals surface area contributed by atoms with E-state index in [1.807, 2.05) is 0 Å². The number of hydrogen-bond donors (Lipinski definition) is 0. The molecule has 0 aliphatic heterocycles. The second-order valence-corrected chi connectivity index (χ2v) is 13.0. The summed E-state index contributed by atoms with van der Waals surface area (Å²) < 4.78 is 4.91. The highest BCUT2D eigenvalue weighted by atomic mass is 15.0. The van der Waals surface area contributed by atoms with Gasteiger partial charge < -0.3 is 4.40 Å². The van der Waals surface area contributed by atoms with Crippen molar-refractivity contribution in [1.82, 2.24) is 4.40 Å². The Balaban J connectivity index is 1.69. The molecule has 39 heavy (non-hydrogen) atoms. The van der Waals surface area contributed by atoms with Crippen molar-refractivity contribution >= 4 is 48.9 Å². The van der Waals surface area contributed by atoms with Crippen LogP contribution in [0.5, 0.6) is 0 Å². The zero-order valence-corrected chi connectivity index (χ0v) is 24.2. The molecule has 0 unspecified atom stereocenters. The summed E-state index contributed by atoms with van der Waals surface area (Å²) in [6.45, 7) is 13.9. The third-order valence-electron chi connectivity index (χ3n) is 8.65. The van der Waals surface area contributed by atoms with E-state index in [1.54, 1.807) is 0 Å². The predicted octanol–water partition coefficient (Wildman–Crippen LogP) is 9.50. The van der Waals surface area contributed by atoms with Crippen molar-refractivity contribution in [1.29, 1.82) is 0 Å². The third kappa shape index (κ3) is 3.44. The van der Waals surface area contributed by atoms with Crippen molar-refractivity contribution in [3.8, 4) is 11.3 Å². The topological polar surface area (TPSA) is 8.29 Å². The molecule has 0 aliphatic rings. The van der Waals surface area contributed by atoms with E-state index in [0.717, 1.165) is 6.42 Å². The molecule has 194 valence electrons. The lowest BCUT2D eigenvalue weighted by molar-refractivity contribution is -0.659. The average molecular weight is 510 g/mol. The summed E-state index contributed by atoms with van der Waals surface area (Å²) in [6, 6.07) is 27.5. The Labute approximate surface area is 230 Å². The van der Waals surface area contributed by atoms with E-state index in [-0.39, 0.29) is 5.41 Å². The zero-order valence-electron chi connectivity index (χ0n) is 24.2. The molecule has 0 atom stereocenters. The molecule has 0 saturated heterocycles. The Morgan fingerprint density at radius 1 is 0.769 bits per heavy atom. The highest BCUT2D eigenvalue weighted by molar-refractivity contribution is 6.25. The molecular weight excluding hydrogens is 472 g/mol. The van der Waals surface area contributed by atoms with Crippen LogP contribution >= 0.6 is 0 Å². The molecule has 7 rings (SSSR count). The van der Waals surface area contributed by atoms with E-state index < -0.39 is 0 Å². The lowest BCUT2D eigenvalue weighted by Crippen LogP contribution is -2.31. The molecule has 2 nitrogen and oxygen atoms in total. The minimum Gasteiger partial charge on any atom is -0.302 e. The van der Waals surface area contributed by atoms with Gasteiger partial charge in [0.2, 0.25) is 5.69 Å². The van der Waals surface area contributed by atoms with Gasteiger partial charge in [0.1, 0.15) is 12.6 Å². The highest BCUT2D eigenvalue weighted by Crippen LogP contribution is 2.44. The van der Waals surface area contributed by atoms with Crippen molar-refractivity contribution in [2.75, 3.05) is 0 Å². The first-order valence-electron chi connectivity index (χ1n) is 14.3. The Bertz CT molecular complexity index is 2060. The quantitative estimate of drug-likeness (QED) is 0.210.